The summed E-state index contributed by atoms with van der Waals surface area (Å²) >= 11 is 0. The van der Waals surface area contributed by atoms with Crippen molar-refractivity contribution in [3.8, 4) is 11.8 Å². The van der Waals surface area contributed by atoms with E-state index in [4.69, 9.17) is 15.2 Å². The summed E-state index contributed by atoms with van der Waals surface area (Å²) in [5.41, 5.74) is 3.98. The van der Waals surface area contributed by atoms with Crippen LogP contribution in [-0.2, 0) is 19.1 Å². The fourth-order valence-electron chi connectivity index (χ4n) is 19.0. The van der Waals surface area contributed by atoms with Crippen LogP contribution in [0, 0.1) is 91.7 Å². The van der Waals surface area contributed by atoms with Crippen LogP contribution < -0.4 is 11.1 Å². The fourth-order valence-corrected chi connectivity index (χ4v) is 19.0. The SMILES string of the molecule is C[C@]1(CO)CC[C@]2(C(=O)O)CC[C@@]34CCC#C[C@H]([C@@H]5[C@H]([C@H](CCCN)c6cnc[nH]6)NC(=O)[C@H]5CO)[C@H]5[C@@H](O)[C@@H](O[C@@H]6OC[C@@H](O)[C@H](O)[C@H]6O)[C@@](C)(CO)[C@H]6CC[C@]3(C)[C@H](CC=C4[C@@H]2C1)[C@@]56C1CCCCC1. The molecular weight excluding hydrogens is 921 g/mol. The lowest BCUT2D eigenvalue weighted by molar-refractivity contribution is -0.353. The Balaban J connectivity index is 1.23. The summed E-state index contributed by atoms with van der Waals surface area (Å²) in [6.07, 6.45) is 9.24. The molecule has 0 aromatic carbocycles. The molecule has 1 aromatic heterocycles. The van der Waals surface area contributed by atoms with Crippen LogP contribution >= 0.6 is 0 Å². The molecule has 12 N–H and O–H groups in total. The van der Waals surface area contributed by atoms with Crippen molar-refractivity contribution in [2.75, 3.05) is 33.0 Å². The molecule has 2 aliphatic heterocycles. The molecule has 10 rings (SSSR count). The van der Waals surface area contributed by atoms with Gasteiger partial charge in [-0.1, -0.05) is 57.6 Å². The Morgan fingerprint density at radius 2 is 1.72 bits per heavy atom. The first-order valence-corrected chi connectivity index (χ1v) is 27.7. The molecule has 7 aliphatic carbocycles. The standard InChI is InChI=1S/C56H84N4O12/c1-51(28-62)19-20-54(50(69)70)21-22-55-17-8-7-12-33(41-34(26-61)48(68)60-43(41)32(13-9-23-57)37-25-58-30-59-37)42-45(66)47(72-49-46(67)44(65)38(64)27-71-49)52(2,29-63)39-16-18-53(55,3)40(15-14-35(55)36(54)24-51)56(39,42)31-10-5-4-6-11-31/h14,25,30-34,36,38-47,49,61-67H,4-6,8-11,13,15-24,26-29,57H2,1-3H3,(H,58,59)(H,60,68)(H,69,70)/t32-,33-,34+,36+,38-,39-,40+,41+,42+,43+,44+,45-,46-,47-,49+,51+,52+,53-,54+,55-,56+/m1/s1. The molecule has 1 amide bonds. The van der Waals surface area contributed by atoms with E-state index < -0.39 is 112 Å². The number of aromatic amines is 1. The van der Waals surface area contributed by atoms with Gasteiger partial charge in [-0.15, -0.1) is 5.92 Å². The second-order valence-corrected chi connectivity index (χ2v) is 25.3. The second kappa shape index (κ2) is 19.6. The fraction of sp³-hybridized carbons (Fsp3) is 0.839. The molecule has 3 heterocycles. The summed E-state index contributed by atoms with van der Waals surface area (Å²) < 4.78 is 12.9. The number of H-pyrrole nitrogens is 1. The van der Waals surface area contributed by atoms with Gasteiger partial charge in [-0.05, 0) is 135 Å². The quantitative estimate of drug-likeness (QED) is 0.0763. The van der Waals surface area contributed by atoms with Gasteiger partial charge in [0.15, 0.2) is 6.29 Å². The second-order valence-electron chi connectivity index (χ2n) is 25.3. The van der Waals surface area contributed by atoms with Crippen molar-refractivity contribution in [3.63, 3.8) is 0 Å². The van der Waals surface area contributed by atoms with Crippen LogP contribution in [0.2, 0.25) is 0 Å². The number of hydrogen-bond acceptors (Lipinski definition) is 13. The highest BCUT2D eigenvalue weighted by molar-refractivity contribution is 5.82. The van der Waals surface area contributed by atoms with Crippen molar-refractivity contribution >= 4 is 11.9 Å². The van der Waals surface area contributed by atoms with E-state index in [0.29, 0.717) is 77.2 Å². The number of nitrogens with zero attached hydrogens (tertiary/aromatic N) is 1. The minimum atomic E-state index is -1.67. The third-order valence-corrected chi connectivity index (χ3v) is 22.5. The van der Waals surface area contributed by atoms with Gasteiger partial charge in [-0.2, -0.15) is 0 Å². The lowest BCUT2D eigenvalue weighted by Gasteiger charge is -2.77. The van der Waals surface area contributed by atoms with E-state index in [2.05, 4.69) is 47.0 Å². The van der Waals surface area contributed by atoms with Gasteiger partial charge in [0.1, 0.15) is 18.3 Å². The lowest BCUT2D eigenvalue weighted by atomic mass is 9.28. The number of nitrogens with two attached hydrogens (primary N) is 1. The molecular formula is C56H84N4O12. The van der Waals surface area contributed by atoms with Gasteiger partial charge in [0.05, 0.1) is 49.7 Å². The van der Waals surface area contributed by atoms with Crippen LogP contribution in [0.15, 0.2) is 24.2 Å². The van der Waals surface area contributed by atoms with Gasteiger partial charge < -0.3 is 66.4 Å². The normalized spacial score (nSPS) is 48.5. The molecule has 1 aromatic rings. The van der Waals surface area contributed by atoms with Crippen molar-refractivity contribution in [1.82, 2.24) is 15.3 Å². The topological polar surface area (TPSA) is 281 Å². The number of imidazole rings is 1. The molecule has 72 heavy (non-hydrogen) atoms. The van der Waals surface area contributed by atoms with Gasteiger partial charge in [0, 0.05) is 60.0 Å². The number of carbonyl (C=O) groups is 2. The Hall–Kier alpha value is -2.95. The number of aromatic nitrogens is 2. The van der Waals surface area contributed by atoms with Crippen LogP contribution in [0.4, 0.5) is 0 Å². The van der Waals surface area contributed by atoms with Crippen molar-refractivity contribution in [1.29, 1.82) is 0 Å². The predicted octanol–water partition coefficient (Wildman–Crippen LogP) is 3.76. The van der Waals surface area contributed by atoms with Crippen LogP contribution in [0.1, 0.15) is 142 Å². The maximum atomic E-state index is 14.6. The smallest absolute Gasteiger partial charge is 0.310 e. The number of aliphatic hydroxyl groups is 7. The molecule has 0 radical (unpaired) electrons. The molecule has 400 valence electrons. The maximum Gasteiger partial charge on any atom is 0.310 e. The molecule has 16 nitrogen and oxygen atoms in total. The van der Waals surface area contributed by atoms with Gasteiger partial charge in [0.2, 0.25) is 5.91 Å². The Morgan fingerprint density at radius 1 is 0.958 bits per heavy atom. The van der Waals surface area contributed by atoms with Gasteiger partial charge >= 0.3 is 5.97 Å². The van der Waals surface area contributed by atoms with Gasteiger partial charge in [-0.3, -0.25) is 9.59 Å². The number of rotatable bonds is 13. The Bertz CT molecular complexity index is 2250. The molecule has 21 atom stereocenters. The van der Waals surface area contributed by atoms with Crippen LogP contribution in [0.3, 0.4) is 0 Å². The van der Waals surface area contributed by atoms with Crippen LogP contribution in [0.5, 0.6) is 0 Å². The molecule has 5 saturated carbocycles. The number of allylic oxidation sites excluding steroid dienone is 2. The molecule has 0 unspecified atom stereocenters. The van der Waals surface area contributed by atoms with Crippen LogP contribution in [0.25, 0.3) is 0 Å². The molecule has 4 bridgehead atoms. The highest BCUT2D eigenvalue weighted by Gasteiger charge is 2.78. The minimum absolute atomic E-state index is 0.0223. The maximum absolute atomic E-state index is 14.6. The zero-order chi connectivity index (χ0) is 51.2. The summed E-state index contributed by atoms with van der Waals surface area (Å²) in [6.45, 7) is 5.80. The van der Waals surface area contributed by atoms with E-state index in [1.807, 2.05) is 6.92 Å². The summed E-state index contributed by atoms with van der Waals surface area (Å²) in [4.78, 5) is 36.1. The highest BCUT2D eigenvalue weighted by atomic mass is 16.7. The number of amides is 1. The van der Waals surface area contributed by atoms with Crippen molar-refractivity contribution < 1.29 is 59.9 Å². The summed E-state index contributed by atoms with van der Waals surface area (Å²) in [7, 11) is 0. The molecule has 1 spiro atoms. The number of hydrogen-bond donors (Lipinski definition) is 11. The van der Waals surface area contributed by atoms with Crippen molar-refractivity contribution in [2.45, 2.75) is 179 Å². The first kappa shape index (κ1) is 52.5. The number of ether oxygens (including phenoxy) is 2. The number of aliphatic hydroxyl groups excluding tert-OH is 7. The number of nitrogens with one attached hydrogen (secondary N) is 2. The molecule has 9 aliphatic rings. The minimum Gasteiger partial charge on any atom is -0.481 e. The largest absolute Gasteiger partial charge is 0.481 e. The van der Waals surface area contributed by atoms with Gasteiger partial charge in [0.25, 0.3) is 0 Å². The zero-order valence-electron chi connectivity index (χ0n) is 42.8. The Labute approximate surface area is 424 Å². The number of carbonyl (C=O) groups excluding carboxylic acids is 1. The number of aliphatic carboxylic acids is 1. The monoisotopic (exact) mass is 1000 g/mol. The molecule has 16 heteroatoms. The predicted molar refractivity (Wildman–Crippen MR) is 264 cm³/mol. The summed E-state index contributed by atoms with van der Waals surface area (Å²) in [5, 5.41) is 96.5. The zero-order valence-corrected chi connectivity index (χ0v) is 42.8. The number of carboxylic acids is 1. The molecule has 2 saturated heterocycles. The van der Waals surface area contributed by atoms with Crippen LogP contribution in [-0.4, -0.2) is 139 Å². The van der Waals surface area contributed by atoms with Crippen molar-refractivity contribution in [2.24, 2.45) is 85.6 Å². The summed E-state index contributed by atoms with van der Waals surface area (Å²) in [5.74, 6) is 2.59. The lowest BCUT2D eigenvalue weighted by Crippen LogP contribution is -2.76. The third-order valence-electron chi connectivity index (χ3n) is 22.5. The van der Waals surface area contributed by atoms with E-state index >= 15 is 0 Å². The third kappa shape index (κ3) is 7.61. The Morgan fingerprint density at radius 3 is 2.40 bits per heavy atom. The average Bonchev–Trinajstić information content (AvgIpc) is 4.03. The first-order valence-electron chi connectivity index (χ1n) is 27.7. The Kier molecular flexibility index (Phi) is 14.3. The van der Waals surface area contributed by atoms with Crippen molar-refractivity contribution in [3.05, 3.63) is 29.9 Å². The van der Waals surface area contributed by atoms with E-state index in [0.717, 1.165) is 44.2 Å². The van der Waals surface area contributed by atoms with Gasteiger partial charge in [-0.25, -0.2) is 4.98 Å². The average molecular weight is 1010 g/mol. The summed E-state index contributed by atoms with van der Waals surface area (Å²) in [6, 6.07) is -0.558. The van der Waals surface area contributed by atoms with E-state index in [-0.39, 0.29) is 55.3 Å². The van der Waals surface area contributed by atoms with E-state index in [1.165, 1.54) is 5.57 Å². The van der Waals surface area contributed by atoms with E-state index in [1.54, 1.807) is 12.5 Å². The highest BCUT2D eigenvalue weighted by Crippen LogP contribution is 2.80. The first-order chi connectivity index (χ1) is 34.5. The molecule has 7 fully saturated rings. The number of fused-ring (bicyclic) bond motifs is 2. The number of carboxylic acid groups (broad SMARTS) is 1. The van der Waals surface area contributed by atoms with E-state index in [9.17, 15) is 50.4 Å².